The lowest BCUT2D eigenvalue weighted by atomic mass is 9.84. The third-order valence-corrected chi connectivity index (χ3v) is 5.28. The molecule has 2 atom stereocenters. The fourth-order valence-corrected chi connectivity index (χ4v) is 3.88. The summed E-state index contributed by atoms with van der Waals surface area (Å²) in [7, 11) is 0. The van der Waals surface area contributed by atoms with E-state index in [1.54, 1.807) is 0 Å². The van der Waals surface area contributed by atoms with Crippen LogP contribution in [-0.2, 0) is 16.0 Å². The predicted octanol–water partition coefficient (Wildman–Crippen LogP) is 3.96. The molecule has 1 aromatic heterocycles. The molecule has 1 aromatic carbocycles. The van der Waals surface area contributed by atoms with Gasteiger partial charge in [0.1, 0.15) is 5.78 Å². The molecule has 0 saturated heterocycles. The number of nitrogens with one attached hydrogen (secondary N) is 2. The van der Waals surface area contributed by atoms with E-state index in [0.717, 1.165) is 24.8 Å². The molecule has 2 aromatic rings. The highest BCUT2D eigenvalue weighted by molar-refractivity contribution is 5.86. The Morgan fingerprint density at radius 1 is 1.07 bits per heavy atom. The van der Waals surface area contributed by atoms with Gasteiger partial charge >= 0.3 is 0 Å². The van der Waals surface area contributed by atoms with E-state index in [9.17, 15) is 9.59 Å². The largest absolute Gasteiger partial charge is 0.370 e. The van der Waals surface area contributed by atoms with Crippen molar-refractivity contribution < 1.29 is 9.59 Å². The Labute approximate surface area is 168 Å². The SMILES string of the molecule is CC(C)N[C@@H](CCC(N)=O)CC[C@@H](Cc1c[nH]c2ccccc12)C(=O)C(C)C. The van der Waals surface area contributed by atoms with Gasteiger partial charge in [-0.3, -0.25) is 9.59 Å². The second kappa shape index (κ2) is 10.4. The van der Waals surface area contributed by atoms with Gasteiger partial charge in [-0.15, -0.1) is 0 Å². The summed E-state index contributed by atoms with van der Waals surface area (Å²) in [6.45, 7) is 8.14. The molecule has 0 aliphatic heterocycles. The number of rotatable bonds is 12. The molecule has 0 unspecified atom stereocenters. The number of aromatic nitrogens is 1. The average molecular weight is 386 g/mol. The van der Waals surface area contributed by atoms with E-state index in [2.05, 4.69) is 36.3 Å². The number of hydrogen-bond acceptors (Lipinski definition) is 3. The molecule has 4 N–H and O–H groups in total. The summed E-state index contributed by atoms with van der Waals surface area (Å²) in [5, 5.41) is 4.71. The van der Waals surface area contributed by atoms with E-state index in [4.69, 9.17) is 5.73 Å². The van der Waals surface area contributed by atoms with E-state index in [0.29, 0.717) is 24.7 Å². The molecule has 1 heterocycles. The molecule has 0 aliphatic rings. The number of ketones is 1. The molecular weight excluding hydrogens is 350 g/mol. The van der Waals surface area contributed by atoms with E-state index in [1.807, 2.05) is 32.2 Å². The molecule has 0 spiro atoms. The molecule has 0 bridgehead atoms. The molecule has 2 rings (SSSR count). The molecular formula is C23H35N3O2. The van der Waals surface area contributed by atoms with Crippen molar-refractivity contribution >= 4 is 22.6 Å². The van der Waals surface area contributed by atoms with Crippen molar-refractivity contribution in [1.29, 1.82) is 0 Å². The second-order valence-corrected chi connectivity index (χ2v) is 8.42. The number of amides is 1. The van der Waals surface area contributed by atoms with Crippen LogP contribution >= 0.6 is 0 Å². The summed E-state index contributed by atoms with van der Waals surface area (Å²) in [5.74, 6) is 0.0224. The van der Waals surface area contributed by atoms with E-state index in [1.165, 1.54) is 10.9 Å². The topological polar surface area (TPSA) is 88.0 Å². The number of primary amides is 1. The first kappa shape index (κ1) is 22.2. The van der Waals surface area contributed by atoms with Gasteiger partial charge in [-0.2, -0.15) is 0 Å². The van der Waals surface area contributed by atoms with Gasteiger partial charge in [-0.05, 0) is 37.3 Å². The Balaban J connectivity index is 2.11. The van der Waals surface area contributed by atoms with Crippen molar-refractivity contribution in [2.24, 2.45) is 17.6 Å². The molecule has 0 radical (unpaired) electrons. The van der Waals surface area contributed by atoms with Crippen LogP contribution in [-0.4, -0.2) is 28.8 Å². The van der Waals surface area contributed by atoms with E-state index < -0.39 is 0 Å². The highest BCUT2D eigenvalue weighted by Gasteiger charge is 2.24. The summed E-state index contributed by atoms with van der Waals surface area (Å²) < 4.78 is 0. The van der Waals surface area contributed by atoms with Crippen molar-refractivity contribution in [1.82, 2.24) is 10.3 Å². The van der Waals surface area contributed by atoms with Crippen LogP contribution in [0.3, 0.4) is 0 Å². The Morgan fingerprint density at radius 2 is 1.79 bits per heavy atom. The van der Waals surface area contributed by atoms with Crippen molar-refractivity contribution in [2.45, 2.75) is 71.9 Å². The molecule has 5 nitrogen and oxygen atoms in total. The maximum Gasteiger partial charge on any atom is 0.217 e. The maximum absolute atomic E-state index is 12.9. The number of fused-ring (bicyclic) bond motifs is 1. The smallest absolute Gasteiger partial charge is 0.217 e. The zero-order valence-corrected chi connectivity index (χ0v) is 17.6. The standard InChI is InChI=1S/C23H35N3O2/c1-15(2)23(28)17(9-10-19(26-16(3)4)11-12-22(24)27)13-18-14-25-21-8-6-5-7-20(18)21/h5-8,14-17,19,25-26H,9-13H2,1-4H3,(H2,24,27)/t17-,19+/m0/s1. The fourth-order valence-electron chi connectivity index (χ4n) is 3.88. The number of hydrogen-bond donors (Lipinski definition) is 3. The Kier molecular flexibility index (Phi) is 8.24. The zero-order chi connectivity index (χ0) is 20.7. The lowest BCUT2D eigenvalue weighted by Crippen LogP contribution is -2.36. The number of benzene rings is 1. The third kappa shape index (κ3) is 6.48. The minimum Gasteiger partial charge on any atom is -0.370 e. The van der Waals surface area contributed by atoms with Crippen molar-refractivity contribution in [3.63, 3.8) is 0 Å². The first-order valence-electron chi connectivity index (χ1n) is 10.4. The van der Waals surface area contributed by atoms with Gasteiger partial charge in [0.2, 0.25) is 5.91 Å². The quantitative estimate of drug-likeness (QED) is 0.517. The number of carbonyl (C=O) groups is 2. The van der Waals surface area contributed by atoms with Crippen LogP contribution in [0.15, 0.2) is 30.5 Å². The van der Waals surface area contributed by atoms with Crippen molar-refractivity contribution in [3.8, 4) is 0 Å². The number of Topliss-reactive ketones (excluding diaryl/α,β-unsaturated/α-hetero) is 1. The molecule has 5 heteroatoms. The minimum absolute atomic E-state index is 0.0114. The number of para-hydroxylation sites is 1. The monoisotopic (exact) mass is 385 g/mol. The molecule has 154 valence electrons. The number of carbonyl (C=O) groups excluding carboxylic acids is 2. The van der Waals surface area contributed by atoms with Crippen LogP contribution in [0.1, 0.15) is 58.9 Å². The van der Waals surface area contributed by atoms with Crippen LogP contribution in [0, 0.1) is 11.8 Å². The molecule has 0 fully saturated rings. The lowest BCUT2D eigenvalue weighted by molar-refractivity contribution is -0.126. The zero-order valence-electron chi connectivity index (χ0n) is 17.6. The van der Waals surface area contributed by atoms with E-state index in [-0.39, 0.29) is 23.8 Å². The second-order valence-electron chi connectivity index (χ2n) is 8.42. The van der Waals surface area contributed by atoms with Crippen LogP contribution in [0.2, 0.25) is 0 Å². The summed E-state index contributed by atoms with van der Waals surface area (Å²) in [6, 6.07) is 8.73. The Hall–Kier alpha value is -2.14. The highest BCUT2D eigenvalue weighted by atomic mass is 16.1. The molecule has 28 heavy (non-hydrogen) atoms. The highest BCUT2D eigenvalue weighted by Crippen LogP contribution is 2.26. The van der Waals surface area contributed by atoms with Crippen LogP contribution < -0.4 is 11.1 Å². The van der Waals surface area contributed by atoms with Crippen LogP contribution in [0.25, 0.3) is 10.9 Å². The minimum atomic E-state index is -0.274. The van der Waals surface area contributed by atoms with Gasteiger partial charge in [-0.1, -0.05) is 45.9 Å². The van der Waals surface area contributed by atoms with Crippen molar-refractivity contribution in [3.05, 3.63) is 36.0 Å². The van der Waals surface area contributed by atoms with Crippen molar-refractivity contribution in [2.75, 3.05) is 0 Å². The van der Waals surface area contributed by atoms with Gasteiger partial charge < -0.3 is 16.0 Å². The predicted molar refractivity (Wildman–Crippen MR) is 115 cm³/mol. The third-order valence-electron chi connectivity index (χ3n) is 5.28. The summed E-state index contributed by atoms with van der Waals surface area (Å²) >= 11 is 0. The van der Waals surface area contributed by atoms with E-state index >= 15 is 0 Å². The number of aromatic amines is 1. The van der Waals surface area contributed by atoms with Crippen LogP contribution in [0.5, 0.6) is 0 Å². The first-order chi connectivity index (χ1) is 13.3. The summed E-state index contributed by atoms with van der Waals surface area (Å²) in [6.07, 6.45) is 5.52. The van der Waals surface area contributed by atoms with Crippen LogP contribution in [0.4, 0.5) is 0 Å². The number of nitrogens with two attached hydrogens (primary N) is 1. The first-order valence-corrected chi connectivity index (χ1v) is 10.4. The normalized spacial score (nSPS) is 13.9. The molecule has 0 aliphatic carbocycles. The number of H-pyrrole nitrogens is 1. The van der Waals surface area contributed by atoms with Gasteiger partial charge in [0.15, 0.2) is 0 Å². The van der Waals surface area contributed by atoms with Gasteiger partial charge in [0.25, 0.3) is 0 Å². The summed E-state index contributed by atoms with van der Waals surface area (Å²) in [5.41, 5.74) is 7.63. The van der Waals surface area contributed by atoms with Gasteiger partial charge in [-0.25, -0.2) is 0 Å². The van der Waals surface area contributed by atoms with Gasteiger partial charge in [0, 0.05) is 47.4 Å². The maximum atomic E-state index is 12.9. The summed E-state index contributed by atoms with van der Waals surface area (Å²) in [4.78, 5) is 27.4. The lowest BCUT2D eigenvalue weighted by Gasteiger charge is -2.24. The molecule has 0 saturated carbocycles. The molecule has 1 amide bonds. The average Bonchev–Trinajstić information content (AvgIpc) is 3.04. The fraction of sp³-hybridized carbons (Fsp3) is 0.565. The Bertz CT molecular complexity index is 779. The Morgan fingerprint density at radius 3 is 2.43 bits per heavy atom. The van der Waals surface area contributed by atoms with Gasteiger partial charge in [0.05, 0.1) is 0 Å².